The molecule has 1 aliphatic heterocycles. The van der Waals surface area contributed by atoms with E-state index in [0.717, 1.165) is 11.3 Å². The highest BCUT2D eigenvalue weighted by molar-refractivity contribution is 7.19. The zero-order chi connectivity index (χ0) is 18.9. The predicted octanol–water partition coefficient (Wildman–Crippen LogP) is 2.95. The van der Waals surface area contributed by atoms with Gasteiger partial charge in [0, 0.05) is 6.07 Å². The van der Waals surface area contributed by atoms with Crippen molar-refractivity contribution in [3.63, 3.8) is 0 Å². The fraction of sp³-hybridized carbons (Fsp3) is 0.312. The standard InChI is InChI=1S/C16H15ClN2O6S/c1-16(2,25-8-3-4-10-11(5-8)24-7-23-10)14(22)19-15-18-9(6-12(20)21)13(17)26-15/h3-5H,6-7H2,1-2H3,(H,20,21)(H,18,19,22). The first kappa shape index (κ1) is 18.3. The summed E-state index contributed by atoms with van der Waals surface area (Å²) in [6.07, 6.45) is -0.317. The van der Waals surface area contributed by atoms with E-state index in [1.807, 2.05) is 0 Å². The van der Waals surface area contributed by atoms with E-state index < -0.39 is 17.5 Å². The lowest BCUT2D eigenvalue weighted by Gasteiger charge is -2.24. The molecule has 0 unspecified atom stereocenters. The van der Waals surface area contributed by atoms with Crippen LogP contribution < -0.4 is 19.5 Å². The van der Waals surface area contributed by atoms with Crippen LogP contribution in [0.4, 0.5) is 5.13 Å². The van der Waals surface area contributed by atoms with E-state index in [0.29, 0.717) is 17.2 Å². The SMILES string of the molecule is CC(C)(Oc1ccc2c(c1)OCO2)C(=O)Nc1nc(CC(=O)O)c(Cl)s1. The Morgan fingerprint density at radius 3 is 2.85 bits per heavy atom. The van der Waals surface area contributed by atoms with Gasteiger partial charge in [-0.05, 0) is 26.0 Å². The quantitative estimate of drug-likeness (QED) is 0.770. The minimum Gasteiger partial charge on any atom is -0.481 e. The number of halogens is 1. The van der Waals surface area contributed by atoms with Gasteiger partial charge in [-0.15, -0.1) is 0 Å². The summed E-state index contributed by atoms with van der Waals surface area (Å²) in [5.41, 5.74) is -1.02. The maximum absolute atomic E-state index is 12.5. The molecule has 3 rings (SSSR count). The molecule has 2 aromatic rings. The number of nitrogens with zero attached hydrogens (tertiary/aromatic N) is 1. The van der Waals surface area contributed by atoms with Crippen LogP contribution in [0, 0.1) is 0 Å². The maximum atomic E-state index is 12.5. The zero-order valence-corrected chi connectivity index (χ0v) is 15.4. The summed E-state index contributed by atoms with van der Waals surface area (Å²) in [7, 11) is 0. The van der Waals surface area contributed by atoms with Crippen LogP contribution in [0.1, 0.15) is 19.5 Å². The Balaban J connectivity index is 1.69. The Kier molecular flexibility index (Phi) is 4.92. The lowest BCUT2D eigenvalue weighted by Crippen LogP contribution is -2.42. The topological polar surface area (TPSA) is 107 Å². The molecule has 1 aliphatic rings. The molecule has 138 valence electrons. The number of amides is 1. The number of anilines is 1. The molecule has 1 aromatic heterocycles. The second-order valence-corrected chi connectivity index (χ2v) is 7.49. The number of carboxylic acids is 1. The number of carboxylic acid groups (broad SMARTS) is 1. The van der Waals surface area contributed by atoms with E-state index in [9.17, 15) is 9.59 Å². The van der Waals surface area contributed by atoms with Gasteiger partial charge in [0.15, 0.2) is 22.2 Å². The monoisotopic (exact) mass is 398 g/mol. The number of aromatic nitrogens is 1. The van der Waals surface area contributed by atoms with Crippen molar-refractivity contribution >= 4 is 39.9 Å². The summed E-state index contributed by atoms with van der Waals surface area (Å²) < 4.78 is 16.5. The van der Waals surface area contributed by atoms with Gasteiger partial charge in [0.1, 0.15) is 10.1 Å². The van der Waals surface area contributed by atoms with Crippen molar-refractivity contribution in [2.75, 3.05) is 12.1 Å². The maximum Gasteiger partial charge on any atom is 0.309 e. The molecule has 1 amide bonds. The molecule has 0 fully saturated rings. The van der Waals surface area contributed by atoms with E-state index in [2.05, 4.69) is 10.3 Å². The number of aliphatic carboxylic acids is 1. The van der Waals surface area contributed by atoms with Gasteiger partial charge < -0.3 is 19.3 Å². The fourth-order valence-electron chi connectivity index (χ4n) is 2.17. The molecule has 0 bridgehead atoms. The molecule has 0 radical (unpaired) electrons. The normalized spacial score (nSPS) is 12.7. The summed E-state index contributed by atoms with van der Waals surface area (Å²) in [5, 5.41) is 11.6. The molecule has 1 aromatic carbocycles. The Labute approximate surface area is 157 Å². The second kappa shape index (κ2) is 7.00. The van der Waals surface area contributed by atoms with Gasteiger partial charge in [-0.2, -0.15) is 0 Å². The van der Waals surface area contributed by atoms with E-state index in [1.165, 1.54) is 0 Å². The highest BCUT2D eigenvalue weighted by Crippen LogP contribution is 2.36. The number of ether oxygens (including phenoxy) is 3. The summed E-state index contributed by atoms with van der Waals surface area (Å²) in [6.45, 7) is 3.34. The zero-order valence-electron chi connectivity index (χ0n) is 13.9. The number of fused-ring (bicyclic) bond motifs is 1. The molecular formula is C16H15ClN2O6S. The van der Waals surface area contributed by atoms with Crippen LogP contribution in [0.25, 0.3) is 0 Å². The van der Waals surface area contributed by atoms with Crippen LogP contribution >= 0.6 is 22.9 Å². The number of hydrogen-bond acceptors (Lipinski definition) is 7. The van der Waals surface area contributed by atoms with Gasteiger partial charge in [0.05, 0.1) is 12.1 Å². The largest absolute Gasteiger partial charge is 0.481 e. The molecule has 0 saturated carbocycles. The third-order valence-corrected chi connectivity index (χ3v) is 4.70. The smallest absolute Gasteiger partial charge is 0.309 e. The Morgan fingerprint density at radius 2 is 2.12 bits per heavy atom. The Hall–Kier alpha value is -2.52. The minimum absolute atomic E-state index is 0.145. The van der Waals surface area contributed by atoms with Crippen molar-refractivity contribution in [1.82, 2.24) is 4.98 Å². The van der Waals surface area contributed by atoms with Crippen molar-refractivity contribution in [3.05, 3.63) is 28.2 Å². The van der Waals surface area contributed by atoms with Crippen molar-refractivity contribution < 1.29 is 28.9 Å². The molecule has 8 nitrogen and oxygen atoms in total. The van der Waals surface area contributed by atoms with Crippen LogP contribution in [-0.4, -0.2) is 34.4 Å². The predicted molar refractivity (Wildman–Crippen MR) is 94.4 cm³/mol. The number of carbonyl (C=O) groups excluding carboxylic acids is 1. The van der Waals surface area contributed by atoms with Gasteiger partial charge in [0.25, 0.3) is 5.91 Å². The van der Waals surface area contributed by atoms with E-state index >= 15 is 0 Å². The molecule has 2 heterocycles. The van der Waals surface area contributed by atoms with E-state index in [-0.39, 0.29) is 28.4 Å². The van der Waals surface area contributed by atoms with Crippen LogP contribution in [0.3, 0.4) is 0 Å². The average molecular weight is 399 g/mol. The Bertz CT molecular complexity index is 866. The van der Waals surface area contributed by atoms with Crippen molar-refractivity contribution in [2.45, 2.75) is 25.9 Å². The van der Waals surface area contributed by atoms with Crippen LogP contribution in [0.5, 0.6) is 17.2 Å². The highest BCUT2D eigenvalue weighted by atomic mass is 35.5. The number of benzene rings is 1. The number of carbonyl (C=O) groups is 2. The van der Waals surface area contributed by atoms with Crippen LogP contribution in [0.2, 0.25) is 4.34 Å². The third kappa shape index (κ3) is 4.00. The van der Waals surface area contributed by atoms with Crippen molar-refractivity contribution in [1.29, 1.82) is 0 Å². The van der Waals surface area contributed by atoms with Gasteiger partial charge in [-0.3, -0.25) is 14.9 Å². The van der Waals surface area contributed by atoms with E-state index in [4.69, 9.17) is 30.9 Å². The number of rotatable bonds is 6. The first-order chi connectivity index (χ1) is 12.2. The molecule has 2 N–H and O–H groups in total. The van der Waals surface area contributed by atoms with E-state index in [1.54, 1.807) is 32.0 Å². The second-order valence-electron chi connectivity index (χ2n) is 5.89. The average Bonchev–Trinajstić information content (AvgIpc) is 3.13. The van der Waals surface area contributed by atoms with Gasteiger partial charge in [-0.25, -0.2) is 4.98 Å². The van der Waals surface area contributed by atoms with Gasteiger partial charge >= 0.3 is 5.97 Å². The molecule has 0 saturated heterocycles. The molecule has 0 aliphatic carbocycles. The minimum atomic E-state index is -1.22. The molecule has 0 spiro atoms. The summed E-state index contributed by atoms with van der Waals surface area (Å²) in [5.74, 6) is 0.0915. The highest BCUT2D eigenvalue weighted by Gasteiger charge is 2.31. The van der Waals surface area contributed by atoms with Crippen molar-refractivity contribution in [3.8, 4) is 17.2 Å². The van der Waals surface area contributed by atoms with Gasteiger partial charge in [0.2, 0.25) is 6.79 Å². The summed E-state index contributed by atoms with van der Waals surface area (Å²) >= 11 is 6.95. The molecule has 26 heavy (non-hydrogen) atoms. The first-order valence-electron chi connectivity index (χ1n) is 7.52. The fourth-order valence-corrected chi connectivity index (χ4v) is 3.20. The molecule has 10 heteroatoms. The van der Waals surface area contributed by atoms with Gasteiger partial charge in [-0.1, -0.05) is 22.9 Å². The molecule has 0 atom stereocenters. The number of thiazole rings is 1. The van der Waals surface area contributed by atoms with Crippen LogP contribution in [0.15, 0.2) is 18.2 Å². The summed E-state index contributed by atoms with van der Waals surface area (Å²) in [6, 6.07) is 5.01. The number of nitrogens with one attached hydrogen (secondary N) is 1. The first-order valence-corrected chi connectivity index (χ1v) is 8.71. The lowest BCUT2D eigenvalue weighted by atomic mass is 10.1. The molecular weight excluding hydrogens is 384 g/mol. The van der Waals surface area contributed by atoms with Crippen molar-refractivity contribution in [2.24, 2.45) is 0 Å². The summed E-state index contributed by atoms with van der Waals surface area (Å²) in [4.78, 5) is 27.3. The number of hydrogen-bond donors (Lipinski definition) is 2. The lowest BCUT2D eigenvalue weighted by molar-refractivity contribution is -0.136. The Morgan fingerprint density at radius 1 is 1.38 bits per heavy atom. The van der Waals surface area contributed by atoms with Crippen LogP contribution in [-0.2, 0) is 16.0 Å². The third-order valence-electron chi connectivity index (χ3n) is 3.45.